The normalized spacial score (nSPS) is 21.2. The van der Waals surface area contributed by atoms with Crippen LogP contribution in [0.2, 0.25) is 0 Å². The van der Waals surface area contributed by atoms with Gasteiger partial charge in [0.1, 0.15) is 0 Å². The number of hydrogen-bond donors (Lipinski definition) is 2. The zero-order valence-electron chi connectivity index (χ0n) is 8.96. The van der Waals surface area contributed by atoms with Gasteiger partial charge in [0.25, 0.3) is 0 Å². The van der Waals surface area contributed by atoms with E-state index in [2.05, 4.69) is 36.4 Å². The molecule has 1 aliphatic rings. The smallest absolute Gasteiger partial charge is 0.0658 e. The second-order valence-corrected chi connectivity index (χ2v) is 4.82. The van der Waals surface area contributed by atoms with Crippen molar-refractivity contribution in [2.24, 2.45) is 5.41 Å². The molecule has 0 saturated carbocycles. The topological polar surface area (TPSA) is 37.0 Å². The molecule has 0 amide bonds. The van der Waals surface area contributed by atoms with Gasteiger partial charge in [-0.2, -0.15) is 0 Å². The molecule has 0 aromatic carbocycles. The van der Waals surface area contributed by atoms with E-state index in [0.29, 0.717) is 6.04 Å². The third-order valence-electron chi connectivity index (χ3n) is 2.61. The maximum atomic E-state index is 4.18. The highest BCUT2D eigenvalue weighted by atomic mass is 15.1. The molecule has 0 fully saturated rings. The first-order valence-corrected chi connectivity index (χ1v) is 5.00. The minimum absolute atomic E-state index is 0.222. The van der Waals surface area contributed by atoms with Crippen molar-refractivity contribution in [1.29, 1.82) is 0 Å². The van der Waals surface area contributed by atoms with E-state index in [4.69, 9.17) is 0 Å². The third kappa shape index (κ3) is 1.60. The van der Waals surface area contributed by atoms with Crippen LogP contribution in [0.4, 0.5) is 5.69 Å². The summed E-state index contributed by atoms with van der Waals surface area (Å²) in [5, 5.41) is 6.78. The highest BCUT2D eigenvalue weighted by Gasteiger charge is 2.29. The van der Waals surface area contributed by atoms with Gasteiger partial charge in [-0.3, -0.25) is 10.3 Å². The van der Waals surface area contributed by atoms with Gasteiger partial charge in [0, 0.05) is 29.7 Å². The van der Waals surface area contributed by atoms with E-state index in [0.717, 1.165) is 6.67 Å². The van der Waals surface area contributed by atoms with E-state index in [1.807, 2.05) is 18.5 Å². The molecule has 0 aliphatic carbocycles. The lowest BCUT2D eigenvalue weighted by Crippen LogP contribution is -2.39. The number of pyridine rings is 1. The molecule has 0 unspecified atom stereocenters. The van der Waals surface area contributed by atoms with Gasteiger partial charge in [0.15, 0.2) is 0 Å². The Bertz CT molecular complexity index is 328. The van der Waals surface area contributed by atoms with Crippen molar-refractivity contribution >= 4 is 5.69 Å². The van der Waals surface area contributed by atoms with Crippen LogP contribution in [0, 0.1) is 5.41 Å². The Balaban J connectivity index is 2.41. The molecule has 1 aliphatic heterocycles. The van der Waals surface area contributed by atoms with Gasteiger partial charge in [0.2, 0.25) is 0 Å². The van der Waals surface area contributed by atoms with Crippen LogP contribution in [-0.4, -0.2) is 11.7 Å². The van der Waals surface area contributed by atoms with E-state index in [9.17, 15) is 0 Å². The van der Waals surface area contributed by atoms with E-state index in [1.165, 1.54) is 11.3 Å². The van der Waals surface area contributed by atoms with E-state index < -0.39 is 0 Å². The molecule has 1 aromatic rings. The summed E-state index contributed by atoms with van der Waals surface area (Å²) >= 11 is 0. The maximum Gasteiger partial charge on any atom is 0.0658 e. The summed E-state index contributed by atoms with van der Waals surface area (Å²) in [5.41, 5.74) is 2.70. The third-order valence-corrected chi connectivity index (χ3v) is 2.61. The SMILES string of the molecule is CC(C)(C)[C@@H]1NCNc2ccncc21. The number of anilines is 1. The molecular weight excluding hydrogens is 174 g/mol. The van der Waals surface area contributed by atoms with Crippen molar-refractivity contribution in [2.75, 3.05) is 12.0 Å². The van der Waals surface area contributed by atoms with Gasteiger partial charge in [-0.25, -0.2) is 0 Å². The van der Waals surface area contributed by atoms with Crippen LogP contribution in [0.5, 0.6) is 0 Å². The molecule has 0 spiro atoms. The molecular formula is C11H17N3. The maximum absolute atomic E-state index is 4.18. The predicted molar refractivity (Wildman–Crippen MR) is 58.1 cm³/mol. The lowest BCUT2D eigenvalue weighted by molar-refractivity contribution is 0.272. The second-order valence-electron chi connectivity index (χ2n) is 4.82. The average Bonchev–Trinajstić information content (AvgIpc) is 2.15. The van der Waals surface area contributed by atoms with Crippen molar-refractivity contribution in [3.05, 3.63) is 24.0 Å². The molecule has 0 radical (unpaired) electrons. The fourth-order valence-electron chi connectivity index (χ4n) is 1.93. The standard InChI is InChI=1S/C11H17N3/c1-11(2,3)10-8-6-12-5-4-9(8)13-7-14-10/h4-6,10,13-14H,7H2,1-3H3/t10-/m1/s1. The zero-order valence-corrected chi connectivity index (χ0v) is 8.96. The Morgan fingerprint density at radius 3 is 2.93 bits per heavy atom. The number of nitrogens with one attached hydrogen (secondary N) is 2. The minimum Gasteiger partial charge on any atom is -0.372 e. The minimum atomic E-state index is 0.222. The lowest BCUT2D eigenvalue weighted by Gasteiger charge is -2.36. The van der Waals surface area contributed by atoms with Crippen LogP contribution in [0.1, 0.15) is 32.4 Å². The van der Waals surface area contributed by atoms with Gasteiger partial charge >= 0.3 is 0 Å². The Kier molecular flexibility index (Phi) is 2.19. The first kappa shape index (κ1) is 9.46. The number of aromatic nitrogens is 1. The van der Waals surface area contributed by atoms with Gasteiger partial charge in [-0.05, 0) is 11.5 Å². The fourth-order valence-corrected chi connectivity index (χ4v) is 1.93. The molecule has 0 saturated heterocycles. The van der Waals surface area contributed by atoms with Crippen molar-refractivity contribution in [1.82, 2.24) is 10.3 Å². The highest BCUT2D eigenvalue weighted by molar-refractivity contribution is 5.53. The van der Waals surface area contributed by atoms with Crippen molar-refractivity contribution in [3.63, 3.8) is 0 Å². The van der Waals surface area contributed by atoms with Gasteiger partial charge in [-0.15, -0.1) is 0 Å². The van der Waals surface area contributed by atoms with E-state index >= 15 is 0 Å². The molecule has 2 rings (SSSR count). The Morgan fingerprint density at radius 1 is 1.43 bits per heavy atom. The van der Waals surface area contributed by atoms with Crippen molar-refractivity contribution < 1.29 is 0 Å². The Morgan fingerprint density at radius 2 is 2.21 bits per heavy atom. The van der Waals surface area contributed by atoms with E-state index in [-0.39, 0.29) is 5.41 Å². The van der Waals surface area contributed by atoms with Crippen LogP contribution in [0.15, 0.2) is 18.5 Å². The van der Waals surface area contributed by atoms with Crippen LogP contribution in [-0.2, 0) is 0 Å². The lowest BCUT2D eigenvalue weighted by atomic mass is 9.82. The fraction of sp³-hybridized carbons (Fsp3) is 0.545. The molecule has 1 aromatic heterocycles. The van der Waals surface area contributed by atoms with E-state index in [1.54, 1.807) is 0 Å². The monoisotopic (exact) mass is 191 g/mol. The molecule has 2 N–H and O–H groups in total. The quantitative estimate of drug-likeness (QED) is 0.659. The Hall–Kier alpha value is -1.09. The van der Waals surface area contributed by atoms with Gasteiger partial charge in [0.05, 0.1) is 6.67 Å². The molecule has 0 bridgehead atoms. The molecule has 3 heteroatoms. The summed E-state index contributed by atoms with van der Waals surface area (Å²) in [6, 6.07) is 2.42. The largest absolute Gasteiger partial charge is 0.372 e. The van der Waals surface area contributed by atoms with Gasteiger partial charge < -0.3 is 5.32 Å². The second kappa shape index (κ2) is 3.24. The number of rotatable bonds is 0. The summed E-state index contributed by atoms with van der Waals surface area (Å²) in [6.07, 6.45) is 3.78. The highest BCUT2D eigenvalue weighted by Crippen LogP contribution is 2.37. The first-order chi connectivity index (χ1) is 6.59. The Labute approximate surface area is 84.9 Å². The summed E-state index contributed by atoms with van der Waals surface area (Å²) in [7, 11) is 0. The van der Waals surface area contributed by atoms with Gasteiger partial charge in [-0.1, -0.05) is 20.8 Å². The first-order valence-electron chi connectivity index (χ1n) is 5.00. The van der Waals surface area contributed by atoms with Crippen LogP contribution >= 0.6 is 0 Å². The van der Waals surface area contributed by atoms with Crippen molar-refractivity contribution in [2.45, 2.75) is 26.8 Å². The molecule has 3 nitrogen and oxygen atoms in total. The summed E-state index contributed by atoms with van der Waals surface area (Å²) in [5.74, 6) is 0. The molecule has 2 heterocycles. The number of fused-ring (bicyclic) bond motifs is 1. The summed E-state index contributed by atoms with van der Waals surface area (Å²) in [4.78, 5) is 4.18. The van der Waals surface area contributed by atoms with Crippen molar-refractivity contribution in [3.8, 4) is 0 Å². The molecule has 1 atom stereocenters. The molecule has 14 heavy (non-hydrogen) atoms. The summed E-state index contributed by atoms with van der Waals surface area (Å²) < 4.78 is 0. The van der Waals surface area contributed by atoms with Crippen LogP contribution in [0.3, 0.4) is 0 Å². The number of hydrogen-bond acceptors (Lipinski definition) is 3. The van der Waals surface area contributed by atoms with Crippen LogP contribution in [0.25, 0.3) is 0 Å². The summed E-state index contributed by atoms with van der Waals surface area (Å²) in [6.45, 7) is 7.56. The molecule has 76 valence electrons. The number of nitrogens with zero attached hydrogens (tertiary/aromatic N) is 1. The zero-order chi connectivity index (χ0) is 10.2. The van der Waals surface area contributed by atoms with Crippen LogP contribution < -0.4 is 10.6 Å². The average molecular weight is 191 g/mol. The predicted octanol–water partition coefficient (Wildman–Crippen LogP) is 2.14.